The molecule has 0 spiro atoms. The lowest BCUT2D eigenvalue weighted by molar-refractivity contribution is 0.606. The number of halogens is 2. The monoisotopic (exact) mass is 237 g/mol. The van der Waals surface area contributed by atoms with Crippen LogP contribution < -0.4 is 4.72 Å². The summed E-state index contributed by atoms with van der Waals surface area (Å²) in [7, 11) is -3.39. The minimum Gasteiger partial charge on any atom is -0.282 e. The van der Waals surface area contributed by atoms with E-state index < -0.39 is 15.8 Å². The average Bonchev–Trinajstić information content (AvgIpc) is 1.95. The normalized spacial score (nSPS) is 11.4. The van der Waals surface area contributed by atoms with E-state index in [0.29, 0.717) is 5.56 Å². The Morgan fingerprint density at radius 3 is 2.43 bits per heavy atom. The van der Waals surface area contributed by atoms with Crippen LogP contribution in [0.15, 0.2) is 12.1 Å². The molecule has 78 valence electrons. The lowest BCUT2D eigenvalue weighted by Gasteiger charge is -2.09. The summed E-state index contributed by atoms with van der Waals surface area (Å²) in [6.07, 6.45) is 1.01. The molecule has 1 N–H and O–H groups in total. The first-order valence-electron chi connectivity index (χ1n) is 3.73. The van der Waals surface area contributed by atoms with Gasteiger partial charge in [0, 0.05) is 0 Å². The highest BCUT2D eigenvalue weighted by atomic mass is 35.5. The fourth-order valence-electron chi connectivity index (χ4n) is 1.02. The Morgan fingerprint density at radius 1 is 1.43 bits per heavy atom. The summed E-state index contributed by atoms with van der Waals surface area (Å²) >= 11 is 5.67. The van der Waals surface area contributed by atoms with Crippen LogP contribution in [0.5, 0.6) is 0 Å². The van der Waals surface area contributed by atoms with Crippen LogP contribution in [0.2, 0.25) is 5.02 Å². The quantitative estimate of drug-likeness (QED) is 0.857. The van der Waals surface area contributed by atoms with Crippen molar-refractivity contribution in [3.63, 3.8) is 0 Å². The number of rotatable bonds is 2. The molecule has 0 heterocycles. The van der Waals surface area contributed by atoms with Gasteiger partial charge in [0.2, 0.25) is 10.0 Å². The molecule has 0 bridgehead atoms. The van der Waals surface area contributed by atoms with Crippen LogP contribution in [0.1, 0.15) is 5.56 Å². The second kappa shape index (κ2) is 3.74. The molecular weight excluding hydrogens is 229 g/mol. The SMILES string of the molecule is Cc1cc(F)cc(Cl)c1NS(C)(=O)=O. The lowest BCUT2D eigenvalue weighted by atomic mass is 10.2. The average molecular weight is 238 g/mol. The number of benzene rings is 1. The zero-order valence-corrected chi connectivity index (χ0v) is 9.21. The predicted octanol–water partition coefficient (Wildman–Crippen LogP) is 2.16. The minimum absolute atomic E-state index is 0.0490. The lowest BCUT2D eigenvalue weighted by Crippen LogP contribution is -2.11. The van der Waals surface area contributed by atoms with Gasteiger partial charge in [-0.2, -0.15) is 0 Å². The largest absolute Gasteiger partial charge is 0.282 e. The molecule has 0 aliphatic rings. The van der Waals surface area contributed by atoms with Gasteiger partial charge in [-0.3, -0.25) is 4.72 Å². The maximum atomic E-state index is 12.8. The Labute approximate surface area is 86.9 Å². The molecular formula is C8H9ClFNO2S. The maximum Gasteiger partial charge on any atom is 0.229 e. The van der Waals surface area contributed by atoms with E-state index in [1.807, 2.05) is 0 Å². The summed E-state index contributed by atoms with van der Waals surface area (Å²) in [5.41, 5.74) is 0.663. The molecule has 0 unspecified atom stereocenters. The zero-order valence-electron chi connectivity index (χ0n) is 7.64. The molecule has 6 heteroatoms. The summed E-state index contributed by atoms with van der Waals surface area (Å²) in [5, 5.41) is 0.0490. The van der Waals surface area contributed by atoms with Crippen molar-refractivity contribution >= 4 is 27.3 Å². The topological polar surface area (TPSA) is 46.2 Å². The van der Waals surface area contributed by atoms with Crippen LogP contribution in [0.3, 0.4) is 0 Å². The van der Waals surface area contributed by atoms with Crippen molar-refractivity contribution in [2.45, 2.75) is 6.92 Å². The molecule has 0 radical (unpaired) electrons. The van der Waals surface area contributed by atoms with Gasteiger partial charge in [-0.1, -0.05) is 11.6 Å². The highest BCUT2D eigenvalue weighted by Gasteiger charge is 2.10. The van der Waals surface area contributed by atoms with E-state index in [-0.39, 0.29) is 10.7 Å². The van der Waals surface area contributed by atoms with Crippen LogP contribution >= 0.6 is 11.6 Å². The van der Waals surface area contributed by atoms with Crippen molar-refractivity contribution in [2.75, 3.05) is 11.0 Å². The van der Waals surface area contributed by atoms with Gasteiger partial charge < -0.3 is 0 Å². The van der Waals surface area contributed by atoms with Crippen LogP contribution in [0.25, 0.3) is 0 Å². The maximum absolute atomic E-state index is 12.8. The van der Waals surface area contributed by atoms with Gasteiger partial charge >= 0.3 is 0 Å². The third kappa shape index (κ3) is 2.85. The Kier molecular flexibility index (Phi) is 3.01. The first kappa shape index (κ1) is 11.3. The highest BCUT2D eigenvalue weighted by molar-refractivity contribution is 7.92. The van der Waals surface area contributed by atoms with Crippen molar-refractivity contribution in [2.24, 2.45) is 0 Å². The van der Waals surface area contributed by atoms with Gasteiger partial charge in [0.1, 0.15) is 5.82 Å². The first-order valence-corrected chi connectivity index (χ1v) is 6.00. The Bertz CT molecular complexity index is 435. The number of hydrogen-bond donors (Lipinski definition) is 1. The molecule has 0 amide bonds. The van der Waals surface area contributed by atoms with E-state index in [4.69, 9.17) is 11.6 Å². The van der Waals surface area contributed by atoms with Crippen LogP contribution in [-0.2, 0) is 10.0 Å². The van der Waals surface area contributed by atoms with Gasteiger partial charge in [0.15, 0.2) is 0 Å². The van der Waals surface area contributed by atoms with Gasteiger partial charge in [-0.25, -0.2) is 12.8 Å². The molecule has 0 saturated heterocycles. The number of nitrogens with one attached hydrogen (secondary N) is 1. The Morgan fingerprint density at radius 2 is 2.00 bits per heavy atom. The first-order chi connectivity index (χ1) is 6.29. The molecule has 0 aliphatic carbocycles. The molecule has 1 aromatic rings. The van der Waals surface area contributed by atoms with E-state index in [1.165, 1.54) is 6.07 Å². The number of aryl methyl sites for hydroxylation is 1. The number of sulfonamides is 1. The molecule has 0 atom stereocenters. The molecule has 1 aromatic carbocycles. The third-order valence-electron chi connectivity index (χ3n) is 1.54. The van der Waals surface area contributed by atoms with Crippen LogP contribution in [0, 0.1) is 12.7 Å². The van der Waals surface area contributed by atoms with Crippen molar-refractivity contribution in [3.05, 3.63) is 28.5 Å². The van der Waals surface area contributed by atoms with Crippen LogP contribution in [0.4, 0.5) is 10.1 Å². The van der Waals surface area contributed by atoms with Crippen molar-refractivity contribution < 1.29 is 12.8 Å². The van der Waals surface area contributed by atoms with E-state index in [9.17, 15) is 12.8 Å². The highest BCUT2D eigenvalue weighted by Crippen LogP contribution is 2.27. The van der Waals surface area contributed by atoms with Crippen molar-refractivity contribution in [1.29, 1.82) is 0 Å². The van der Waals surface area contributed by atoms with Crippen LogP contribution in [-0.4, -0.2) is 14.7 Å². The van der Waals surface area contributed by atoms with E-state index in [1.54, 1.807) is 6.92 Å². The summed E-state index contributed by atoms with van der Waals surface area (Å²) in [6.45, 7) is 1.57. The molecule has 3 nitrogen and oxygen atoms in total. The predicted molar refractivity (Wildman–Crippen MR) is 54.6 cm³/mol. The van der Waals surface area contributed by atoms with Crippen molar-refractivity contribution in [1.82, 2.24) is 0 Å². The smallest absolute Gasteiger partial charge is 0.229 e. The van der Waals surface area contributed by atoms with Gasteiger partial charge in [0.05, 0.1) is 17.0 Å². The molecule has 14 heavy (non-hydrogen) atoms. The van der Waals surface area contributed by atoms with Gasteiger partial charge in [0.25, 0.3) is 0 Å². The summed E-state index contributed by atoms with van der Waals surface area (Å²) in [6, 6.07) is 2.27. The summed E-state index contributed by atoms with van der Waals surface area (Å²) < 4.78 is 36.9. The summed E-state index contributed by atoms with van der Waals surface area (Å²) in [4.78, 5) is 0. The summed E-state index contributed by atoms with van der Waals surface area (Å²) in [5.74, 6) is -0.494. The van der Waals surface area contributed by atoms with Crippen molar-refractivity contribution in [3.8, 4) is 0 Å². The molecule has 0 fully saturated rings. The molecule has 0 saturated carbocycles. The second-order valence-electron chi connectivity index (χ2n) is 2.95. The minimum atomic E-state index is -3.39. The van der Waals surface area contributed by atoms with Gasteiger partial charge in [-0.15, -0.1) is 0 Å². The Balaban J connectivity index is 3.22. The Hall–Kier alpha value is -0.810. The number of anilines is 1. The van der Waals surface area contributed by atoms with E-state index in [0.717, 1.165) is 12.3 Å². The second-order valence-corrected chi connectivity index (χ2v) is 5.11. The standard InChI is InChI=1S/C8H9ClFNO2S/c1-5-3-6(10)4-7(9)8(5)11-14(2,12)13/h3-4,11H,1-2H3. The molecule has 0 aromatic heterocycles. The molecule has 1 rings (SSSR count). The molecule has 0 aliphatic heterocycles. The fourth-order valence-corrected chi connectivity index (χ4v) is 2.02. The zero-order chi connectivity index (χ0) is 10.9. The van der Waals surface area contributed by atoms with E-state index in [2.05, 4.69) is 4.72 Å². The number of hydrogen-bond acceptors (Lipinski definition) is 2. The van der Waals surface area contributed by atoms with Gasteiger partial charge in [-0.05, 0) is 24.6 Å². The van der Waals surface area contributed by atoms with E-state index >= 15 is 0 Å². The third-order valence-corrected chi connectivity index (χ3v) is 2.41. The fraction of sp³-hybridized carbons (Fsp3) is 0.250.